The van der Waals surface area contributed by atoms with Gasteiger partial charge in [-0.15, -0.1) is 0 Å². The molecule has 112 valence electrons. The molecular weight excluding hydrogens is 234 g/mol. The summed E-state index contributed by atoms with van der Waals surface area (Å²) < 4.78 is 0. The average molecular weight is 267 g/mol. The maximum Gasteiger partial charge on any atom is 0.00533 e. The van der Waals surface area contributed by atoms with Gasteiger partial charge in [0.25, 0.3) is 0 Å². The summed E-state index contributed by atoms with van der Waals surface area (Å²) in [4.78, 5) is 5.36. The van der Waals surface area contributed by atoms with Crippen molar-refractivity contribution >= 4 is 0 Å². The summed E-state index contributed by atoms with van der Waals surface area (Å²) in [6.07, 6.45) is 3.99. The second-order valence-corrected chi connectivity index (χ2v) is 7.09. The van der Waals surface area contributed by atoms with Crippen LogP contribution in [0.1, 0.15) is 47.0 Å². The first-order valence-electron chi connectivity index (χ1n) is 8.27. The minimum Gasteiger partial charge on any atom is -0.312 e. The van der Waals surface area contributed by atoms with Crippen LogP contribution < -0.4 is 5.32 Å². The van der Waals surface area contributed by atoms with Crippen LogP contribution in [-0.2, 0) is 0 Å². The van der Waals surface area contributed by atoms with Crippen LogP contribution >= 0.6 is 0 Å². The summed E-state index contributed by atoms with van der Waals surface area (Å²) in [6.45, 7) is 15.8. The lowest BCUT2D eigenvalue weighted by atomic mass is 10.1. The predicted octanol–water partition coefficient (Wildman–Crippen LogP) is 2.18. The van der Waals surface area contributed by atoms with Crippen molar-refractivity contribution in [3.8, 4) is 0 Å². The Labute approximate surface area is 119 Å². The molecule has 3 nitrogen and oxygen atoms in total. The third-order valence-electron chi connectivity index (χ3n) is 4.89. The number of likely N-dealkylation sites (tertiary alicyclic amines) is 1. The normalized spacial score (nSPS) is 35.5. The van der Waals surface area contributed by atoms with E-state index in [4.69, 9.17) is 0 Å². The van der Waals surface area contributed by atoms with E-state index in [1.165, 1.54) is 52.0 Å². The molecule has 2 aliphatic rings. The van der Waals surface area contributed by atoms with E-state index in [-0.39, 0.29) is 0 Å². The number of rotatable bonds is 3. The van der Waals surface area contributed by atoms with Crippen molar-refractivity contribution in [2.75, 3.05) is 32.7 Å². The van der Waals surface area contributed by atoms with Crippen molar-refractivity contribution in [1.82, 2.24) is 15.1 Å². The van der Waals surface area contributed by atoms with Gasteiger partial charge in [-0.3, -0.25) is 0 Å². The molecule has 0 radical (unpaired) electrons. The highest BCUT2D eigenvalue weighted by atomic mass is 15.2. The van der Waals surface area contributed by atoms with E-state index in [0.717, 1.165) is 12.0 Å². The quantitative estimate of drug-likeness (QED) is 0.845. The molecule has 2 heterocycles. The molecule has 0 aromatic carbocycles. The van der Waals surface area contributed by atoms with E-state index in [1.807, 2.05) is 0 Å². The van der Waals surface area contributed by atoms with E-state index in [9.17, 15) is 0 Å². The predicted molar refractivity (Wildman–Crippen MR) is 82.5 cm³/mol. The molecule has 2 saturated heterocycles. The van der Waals surface area contributed by atoms with Crippen LogP contribution in [0.25, 0.3) is 0 Å². The molecule has 19 heavy (non-hydrogen) atoms. The van der Waals surface area contributed by atoms with Gasteiger partial charge < -0.3 is 15.1 Å². The second-order valence-electron chi connectivity index (χ2n) is 7.09. The topological polar surface area (TPSA) is 18.5 Å². The lowest BCUT2D eigenvalue weighted by Gasteiger charge is -2.32. The van der Waals surface area contributed by atoms with Crippen LogP contribution in [0.15, 0.2) is 0 Å². The molecule has 0 amide bonds. The van der Waals surface area contributed by atoms with Crippen LogP contribution in [0.3, 0.4) is 0 Å². The number of hydrogen-bond acceptors (Lipinski definition) is 3. The number of nitrogens with one attached hydrogen (secondary N) is 1. The van der Waals surface area contributed by atoms with Crippen LogP contribution in [0, 0.1) is 5.92 Å². The van der Waals surface area contributed by atoms with Gasteiger partial charge in [0, 0.05) is 31.2 Å². The third kappa shape index (κ3) is 4.73. The Morgan fingerprint density at radius 1 is 1.00 bits per heavy atom. The molecule has 3 unspecified atom stereocenters. The van der Waals surface area contributed by atoms with Crippen LogP contribution in [0.4, 0.5) is 0 Å². The van der Waals surface area contributed by atoms with Gasteiger partial charge in [0.1, 0.15) is 0 Å². The average Bonchev–Trinajstić information content (AvgIpc) is 2.79. The number of nitrogens with zero attached hydrogens (tertiary/aromatic N) is 2. The minimum absolute atomic E-state index is 0.675. The molecule has 2 aliphatic heterocycles. The third-order valence-corrected chi connectivity index (χ3v) is 4.89. The van der Waals surface area contributed by atoms with Crippen molar-refractivity contribution < 1.29 is 0 Å². The second kappa shape index (κ2) is 7.05. The fourth-order valence-corrected chi connectivity index (χ4v) is 3.54. The largest absolute Gasteiger partial charge is 0.312 e. The van der Waals surface area contributed by atoms with Crippen molar-refractivity contribution in [1.29, 1.82) is 0 Å². The molecular formula is C16H33N3. The molecule has 0 bridgehead atoms. The van der Waals surface area contributed by atoms with Gasteiger partial charge >= 0.3 is 0 Å². The maximum atomic E-state index is 3.68. The fourth-order valence-electron chi connectivity index (χ4n) is 3.54. The molecule has 2 rings (SSSR count). The molecule has 0 aromatic heterocycles. The molecule has 3 atom stereocenters. The SMILES string of the molecule is CC1CCN(CC2CCN(C(C)C)C2)CCC(C)N1. The van der Waals surface area contributed by atoms with E-state index in [2.05, 4.69) is 42.8 Å². The maximum absolute atomic E-state index is 3.68. The zero-order valence-corrected chi connectivity index (χ0v) is 13.4. The lowest BCUT2D eigenvalue weighted by molar-refractivity contribution is 0.185. The number of hydrogen-bond donors (Lipinski definition) is 1. The van der Waals surface area contributed by atoms with Gasteiger partial charge in [-0.1, -0.05) is 0 Å². The molecule has 0 spiro atoms. The Kier molecular flexibility index (Phi) is 5.67. The molecule has 0 aliphatic carbocycles. The van der Waals surface area contributed by atoms with E-state index in [0.29, 0.717) is 12.1 Å². The first-order valence-corrected chi connectivity index (χ1v) is 8.27. The van der Waals surface area contributed by atoms with Gasteiger partial charge in [0.2, 0.25) is 0 Å². The Balaban J connectivity index is 1.78. The van der Waals surface area contributed by atoms with Crippen LogP contribution in [-0.4, -0.2) is 60.6 Å². The smallest absolute Gasteiger partial charge is 0.00533 e. The zero-order chi connectivity index (χ0) is 13.8. The first kappa shape index (κ1) is 15.3. The molecule has 0 saturated carbocycles. The highest BCUT2D eigenvalue weighted by Crippen LogP contribution is 2.20. The first-order chi connectivity index (χ1) is 9.04. The van der Waals surface area contributed by atoms with Crippen molar-refractivity contribution in [3.63, 3.8) is 0 Å². The summed E-state index contributed by atoms with van der Waals surface area (Å²) in [5.41, 5.74) is 0. The van der Waals surface area contributed by atoms with Crippen molar-refractivity contribution in [2.45, 2.75) is 65.1 Å². The van der Waals surface area contributed by atoms with Crippen molar-refractivity contribution in [2.24, 2.45) is 5.92 Å². The standard InChI is InChI=1S/C16H33N3/c1-13(2)19-10-7-16(12-19)11-18-8-5-14(3)17-15(4)6-9-18/h13-17H,5-12H2,1-4H3. The molecule has 2 fully saturated rings. The van der Waals surface area contributed by atoms with Crippen LogP contribution in [0.5, 0.6) is 0 Å². The van der Waals surface area contributed by atoms with Gasteiger partial charge in [-0.25, -0.2) is 0 Å². The van der Waals surface area contributed by atoms with Gasteiger partial charge in [0.05, 0.1) is 0 Å². The summed E-state index contributed by atoms with van der Waals surface area (Å²) >= 11 is 0. The fraction of sp³-hybridized carbons (Fsp3) is 1.00. The Bertz CT molecular complexity index is 255. The minimum atomic E-state index is 0.675. The molecule has 1 N–H and O–H groups in total. The highest BCUT2D eigenvalue weighted by Gasteiger charge is 2.26. The van der Waals surface area contributed by atoms with Gasteiger partial charge in [-0.05, 0) is 72.5 Å². The van der Waals surface area contributed by atoms with Crippen molar-refractivity contribution in [3.05, 3.63) is 0 Å². The Morgan fingerprint density at radius 3 is 2.16 bits per heavy atom. The van der Waals surface area contributed by atoms with E-state index in [1.54, 1.807) is 0 Å². The summed E-state index contributed by atoms with van der Waals surface area (Å²) in [5, 5.41) is 3.68. The van der Waals surface area contributed by atoms with Gasteiger partial charge in [0.15, 0.2) is 0 Å². The van der Waals surface area contributed by atoms with Crippen LogP contribution in [0.2, 0.25) is 0 Å². The summed E-state index contributed by atoms with van der Waals surface area (Å²) in [6, 6.07) is 2.07. The van der Waals surface area contributed by atoms with E-state index < -0.39 is 0 Å². The Hall–Kier alpha value is -0.120. The summed E-state index contributed by atoms with van der Waals surface area (Å²) in [7, 11) is 0. The molecule has 3 heteroatoms. The highest BCUT2D eigenvalue weighted by molar-refractivity contribution is 4.82. The van der Waals surface area contributed by atoms with Gasteiger partial charge in [-0.2, -0.15) is 0 Å². The Morgan fingerprint density at radius 2 is 1.63 bits per heavy atom. The molecule has 0 aromatic rings. The van der Waals surface area contributed by atoms with E-state index >= 15 is 0 Å². The lowest BCUT2D eigenvalue weighted by Crippen LogP contribution is -2.44. The monoisotopic (exact) mass is 267 g/mol. The zero-order valence-electron chi connectivity index (χ0n) is 13.4. The summed E-state index contributed by atoms with van der Waals surface area (Å²) in [5.74, 6) is 0.903.